The first-order valence-electron chi connectivity index (χ1n) is 10.0. The van der Waals surface area contributed by atoms with Gasteiger partial charge in [0.25, 0.3) is 0 Å². The second-order valence-electron chi connectivity index (χ2n) is 7.00. The van der Waals surface area contributed by atoms with Gasteiger partial charge in [-0.2, -0.15) is 11.8 Å². The molecule has 0 saturated heterocycles. The predicted molar refractivity (Wildman–Crippen MR) is 124 cm³/mol. The fourth-order valence-corrected chi connectivity index (χ4v) is 3.96. The molecule has 7 nitrogen and oxygen atoms in total. The molecule has 0 radical (unpaired) electrons. The molecule has 3 rings (SSSR count). The molecule has 0 bridgehead atoms. The van der Waals surface area contributed by atoms with Gasteiger partial charge in [-0.25, -0.2) is 9.97 Å². The van der Waals surface area contributed by atoms with E-state index < -0.39 is 0 Å². The zero-order valence-electron chi connectivity index (χ0n) is 17.1. The van der Waals surface area contributed by atoms with Gasteiger partial charge in [0.15, 0.2) is 5.96 Å². The van der Waals surface area contributed by atoms with Gasteiger partial charge in [0.2, 0.25) is 0 Å². The van der Waals surface area contributed by atoms with Gasteiger partial charge >= 0.3 is 0 Å². The van der Waals surface area contributed by atoms with Crippen LogP contribution in [0, 0.1) is 12.3 Å². The van der Waals surface area contributed by atoms with Crippen LogP contribution in [0.15, 0.2) is 36.8 Å². The minimum atomic E-state index is 0.374. The zero-order chi connectivity index (χ0) is 21.2. The van der Waals surface area contributed by atoms with Crippen molar-refractivity contribution in [3.8, 4) is 0 Å². The monoisotopic (exact) mass is 445 g/mol. The Balaban J connectivity index is 1.28. The molecule has 0 aliphatic rings. The number of thioether (sulfide) groups is 1. The van der Waals surface area contributed by atoms with Gasteiger partial charge in [-0.05, 0) is 37.5 Å². The lowest BCUT2D eigenvalue weighted by molar-refractivity contribution is 0.739. The second kappa shape index (κ2) is 11.7. The maximum Gasteiger partial charge on any atom is 0.188 e. The fourth-order valence-electron chi connectivity index (χ4n) is 2.97. The van der Waals surface area contributed by atoms with Crippen molar-refractivity contribution in [1.82, 2.24) is 30.6 Å². The molecule has 0 fully saturated rings. The Morgan fingerprint density at radius 1 is 1.20 bits per heavy atom. The number of nitrogens with one attached hydrogen (secondary N) is 5. The minimum Gasteiger partial charge on any atom is -0.357 e. The molecule has 0 aliphatic heterocycles. The molecule has 2 heterocycles. The van der Waals surface area contributed by atoms with Crippen LogP contribution in [0.25, 0.3) is 0 Å². The molecule has 160 valence electrons. The smallest absolute Gasteiger partial charge is 0.188 e. The van der Waals surface area contributed by atoms with Crippen molar-refractivity contribution in [3.05, 3.63) is 70.3 Å². The third kappa shape index (κ3) is 7.42. The van der Waals surface area contributed by atoms with Crippen molar-refractivity contribution < 1.29 is 0 Å². The topological polar surface area (TPSA) is 105 Å². The third-order valence-electron chi connectivity index (χ3n) is 4.57. The number of hydrogen-bond acceptors (Lipinski definition) is 4. The lowest BCUT2D eigenvalue weighted by atomic mass is 10.1. The first kappa shape index (κ1) is 22.2. The summed E-state index contributed by atoms with van der Waals surface area (Å²) in [6.07, 6.45) is 6.22. The van der Waals surface area contributed by atoms with Crippen molar-refractivity contribution in [3.63, 3.8) is 0 Å². The molecule has 0 spiro atoms. The molecule has 0 unspecified atom stereocenters. The van der Waals surface area contributed by atoms with Crippen LogP contribution in [0.1, 0.15) is 34.9 Å². The molecule has 2 aromatic heterocycles. The Kier molecular flexibility index (Phi) is 8.65. The predicted octanol–water partition coefficient (Wildman–Crippen LogP) is 3.67. The maximum absolute atomic E-state index is 7.92. The van der Waals surface area contributed by atoms with Gasteiger partial charge < -0.3 is 20.6 Å². The quantitative estimate of drug-likeness (QED) is 0.176. The van der Waals surface area contributed by atoms with Crippen LogP contribution in [0.4, 0.5) is 0 Å². The number of imidazole rings is 2. The van der Waals surface area contributed by atoms with Crippen LogP contribution >= 0.6 is 23.4 Å². The Labute approximate surface area is 186 Å². The summed E-state index contributed by atoms with van der Waals surface area (Å²) in [5, 5.41) is 14.9. The third-order valence-corrected chi connectivity index (χ3v) is 5.80. The van der Waals surface area contributed by atoms with E-state index in [0.717, 1.165) is 71.8 Å². The lowest BCUT2D eigenvalue weighted by Gasteiger charge is -2.09. The molecule has 3 aromatic rings. The van der Waals surface area contributed by atoms with Gasteiger partial charge in [-0.3, -0.25) is 5.41 Å². The van der Waals surface area contributed by atoms with Crippen LogP contribution in [0.5, 0.6) is 0 Å². The van der Waals surface area contributed by atoms with Crippen molar-refractivity contribution in [2.45, 2.75) is 31.9 Å². The molecule has 0 amide bonds. The Bertz CT molecular complexity index is 906. The number of aromatic nitrogens is 4. The average Bonchev–Trinajstić information content (AvgIpc) is 3.36. The number of rotatable bonds is 11. The van der Waals surface area contributed by atoms with Gasteiger partial charge in [0.1, 0.15) is 5.82 Å². The van der Waals surface area contributed by atoms with Crippen LogP contribution in [-0.4, -0.2) is 44.7 Å². The number of H-pyrrole nitrogens is 2. The summed E-state index contributed by atoms with van der Waals surface area (Å²) in [6.45, 7) is 3.57. The number of halogens is 1. The standard InChI is InChI=1S/C21H28ClN7S/c1-15-19(29-20(28-15)11-16-4-6-17(22)7-5-16)13-30-10-9-26-21(23)25-8-2-3-18-12-24-14-27-18/h4-7,12,14H,2-3,8-11,13H2,1H3,(H,24,27)(H,28,29)(H3,23,25,26). The summed E-state index contributed by atoms with van der Waals surface area (Å²) in [5.74, 6) is 3.12. The van der Waals surface area contributed by atoms with Crippen molar-refractivity contribution in [2.75, 3.05) is 18.8 Å². The molecule has 0 atom stereocenters. The summed E-state index contributed by atoms with van der Waals surface area (Å²) in [5.41, 5.74) is 4.45. The van der Waals surface area contributed by atoms with Crippen LogP contribution in [-0.2, 0) is 18.6 Å². The van der Waals surface area contributed by atoms with E-state index in [1.54, 1.807) is 6.33 Å². The Morgan fingerprint density at radius 3 is 2.77 bits per heavy atom. The first-order chi connectivity index (χ1) is 14.6. The molecule has 0 saturated carbocycles. The summed E-state index contributed by atoms with van der Waals surface area (Å²) in [6, 6.07) is 7.87. The SMILES string of the molecule is Cc1[nH]c(Cc2ccc(Cl)cc2)nc1CSCCNC(=N)NCCCc1c[nH]cn1. The number of hydrogen-bond donors (Lipinski definition) is 5. The fraction of sp³-hybridized carbons (Fsp3) is 0.381. The molecular weight excluding hydrogens is 418 g/mol. The van der Waals surface area contributed by atoms with Crippen LogP contribution < -0.4 is 10.6 Å². The van der Waals surface area contributed by atoms with E-state index in [1.807, 2.05) is 42.2 Å². The zero-order valence-corrected chi connectivity index (χ0v) is 18.7. The Hall–Kier alpha value is -2.45. The number of aromatic amines is 2. The van der Waals surface area contributed by atoms with Crippen molar-refractivity contribution >= 4 is 29.3 Å². The minimum absolute atomic E-state index is 0.374. The van der Waals surface area contributed by atoms with Crippen LogP contribution in [0.2, 0.25) is 5.02 Å². The van der Waals surface area contributed by atoms with Gasteiger partial charge in [0, 0.05) is 47.9 Å². The number of guanidine groups is 1. The van der Waals surface area contributed by atoms with Gasteiger partial charge in [-0.15, -0.1) is 0 Å². The first-order valence-corrected chi connectivity index (χ1v) is 11.5. The Morgan fingerprint density at radius 2 is 2.00 bits per heavy atom. The largest absolute Gasteiger partial charge is 0.357 e. The number of aryl methyl sites for hydroxylation is 2. The second-order valence-corrected chi connectivity index (χ2v) is 8.55. The summed E-state index contributed by atoms with van der Waals surface area (Å²) in [7, 11) is 0. The molecule has 30 heavy (non-hydrogen) atoms. The summed E-state index contributed by atoms with van der Waals surface area (Å²) >= 11 is 7.76. The molecule has 0 aliphatic carbocycles. The molecule has 1 aromatic carbocycles. The molecular formula is C21H28ClN7S. The number of nitrogens with zero attached hydrogens (tertiary/aromatic N) is 2. The summed E-state index contributed by atoms with van der Waals surface area (Å²) < 4.78 is 0. The van der Waals surface area contributed by atoms with E-state index in [2.05, 4.69) is 32.5 Å². The normalized spacial score (nSPS) is 10.9. The van der Waals surface area contributed by atoms with E-state index >= 15 is 0 Å². The molecule has 9 heteroatoms. The highest BCUT2D eigenvalue weighted by atomic mass is 35.5. The lowest BCUT2D eigenvalue weighted by Crippen LogP contribution is -2.38. The summed E-state index contributed by atoms with van der Waals surface area (Å²) in [4.78, 5) is 15.3. The van der Waals surface area contributed by atoms with E-state index in [-0.39, 0.29) is 0 Å². The highest BCUT2D eigenvalue weighted by Crippen LogP contribution is 2.17. The maximum atomic E-state index is 7.92. The highest BCUT2D eigenvalue weighted by Gasteiger charge is 2.08. The highest BCUT2D eigenvalue weighted by molar-refractivity contribution is 7.98. The van der Waals surface area contributed by atoms with Crippen molar-refractivity contribution in [1.29, 1.82) is 5.41 Å². The van der Waals surface area contributed by atoms with E-state index in [4.69, 9.17) is 22.0 Å². The van der Waals surface area contributed by atoms with Gasteiger partial charge in [0.05, 0.1) is 17.7 Å². The molecule has 5 N–H and O–H groups in total. The van der Waals surface area contributed by atoms with Crippen LogP contribution in [0.3, 0.4) is 0 Å². The average molecular weight is 446 g/mol. The van der Waals surface area contributed by atoms with E-state index in [1.165, 1.54) is 5.56 Å². The van der Waals surface area contributed by atoms with E-state index in [9.17, 15) is 0 Å². The van der Waals surface area contributed by atoms with E-state index in [0.29, 0.717) is 5.96 Å². The van der Waals surface area contributed by atoms with Crippen molar-refractivity contribution in [2.24, 2.45) is 0 Å². The van der Waals surface area contributed by atoms with Gasteiger partial charge in [-0.1, -0.05) is 23.7 Å². The number of benzene rings is 1.